The highest BCUT2D eigenvalue weighted by Gasteiger charge is 2.20. The molecule has 0 spiro atoms. The first-order valence-corrected chi connectivity index (χ1v) is 14.8. The lowest BCUT2D eigenvalue weighted by atomic mass is 9.85. The minimum Gasteiger partial charge on any atom is -0.398 e. The number of aliphatic hydroxyl groups excluding tert-OH is 1. The number of pyridine rings is 1. The van der Waals surface area contributed by atoms with E-state index in [4.69, 9.17) is 15.8 Å². The maximum Gasteiger partial charge on any atom is 0.163 e. The van der Waals surface area contributed by atoms with Gasteiger partial charge in [-0.1, -0.05) is 59.7 Å². The minimum atomic E-state index is 0.0205. The molecule has 4 aromatic carbocycles. The number of ketones is 1. The van der Waals surface area contributed by atoms with Crippen molar-refractivity contribution in [3.63, 3.8) is 0 Å². The van der Waals surface area contributed by atoms with Crippen molar-refractivity contribution in [2.24, 2.45) is 0 Å². The molecule has 0 amide bonds. The number of hydrogen-bond acceptors (Lipinski definition) is 4. The van der Waals surface area contributed by atoms with Gasteiger partial charge in [0.05, 0.1) is 17.8 Å². The molecule has 0 bridgehead atoms. The fourth-order valence-electron chi connectivity index (χ4n) is 6.20. The topological polar surface area (TPSA) is 76.2 Å². The van der Waals surface area contributed by atoms with Gasteiger partial charge in [-0.05, 0) is 112 Å². The fourth-order valence-corrected chi connectivity index (χ4v) is 6.20. The van der Waals surface area contributed by atoms with Crippen molar-refractivity contribution in [3.8, 4) is 11.3 Å². The molecule has 0 fully saturated rings. The number of rotatable bonds is 1. The Labute approximate surface area is 249 Å². The SMILES string of the molecule is Cc1cc(C)c2c(c1)-c1nc3ccccc3cc1CC2.Cc1cc(C)c2c(c1)C(=O)CCC2.Nc1ccccc1CO. The van der Waals surface area contributed by atoms with Gasteiger partial charge in [0.1, 0.15) is 0 Å². The largest absolute Gasteiger partial charge is 0.398 e. The second kappa shape index (κ2) is 12.7. The number of benzene rings is 4. The van der Waals surface area contributed by atoms with Crippen LogP contribution >= 0.6 is 0 Å². The molecule has 0 radical (unpaired) electrons. The predicted octanol–water partition coefficient (Wildman–Crippen LogP) is 8.20. The Kier molecular flexibility index (Phi) is 8.84. The number of aliphatic hydroxyl groups is 1. The number of aromatic nitrogens is 1. The Hall–Kier alpha value is -4.28. The summed E-state index contributed by atoms with van der Waals surface area (Å²) in [6, 6.07) is 26.8. The van der Waals surface area contributed by atoms with Gasteiger partial charge in [-0.3, -0.25) is 4.79 Å². The highest BCUT2D eigenvalue weighted by atomic mass is 16.3. The van der Waals surface area contributed by atoms with Crippen LogP contribution in [0.15, 0.2) is 78.9 Å². The summed E-state index contributed by atoms with van der Waals surface area (Å²) in [4.78, 5) is 16.5. The number of carbonyl (C=O) groups excluding carboxylic acids is 1. The second-order valence-electron chi connectivity index (χ2n) is 11.5. The van der Waals surface area contributed by atoms with Gasteiger partial charge in [0.25, 0.3) is 0 Å². The van der Waals surface area contributed by atoms with Crippen LogP contribution in [0.1, 0.15) is 67.7 Å². The highest BCUT2D eigenvalue weighted by molar-refractivity contribution is 5.99. The summed E-state index contributed by atoms with van der Waals surface area (Å²) >= 11 is 0. The van der Waals surface area contributed by atoms with E-state index in [1.807, 2.05) is 18.2 Å². The number of hydrogen-bond donors (Lipinski definition) is 2. The van der Waals surface area contributed by atoms with Crippen LogP contribution < -0.4 is 5.73 Å². The summed E-state index contributed by atoms with van der Waals surface area (Å²) < 4.78 is 0. The maximum atomic E-state index is 11.6. The molecule has 4 heteroatoms. The van der Waals surface area contributed by atoms with Crippen LogP contribution in [0.25, 0.3) is 22.2 Å². The molecule has 0 unspecified atom stereocenters. The summed E-state index contributed by atoms with van der Waals surface area (Å²) in [6.07, 6.45) is 5.07. The fraction of sp³-hybridized carbons (Fsp3) is 0.263. The van der Waals surface area contributed by atoms with Crippen LogP contribution in [0, 0.1) is 27.7 Å². The van der Waals surface area contributed by atoms with Crippen molar-refractivity contribution in [3.05, 3.63) is 129 Å². The van der Waals surface area contributed by atoms with Gasteiger partial charge in [-0.15, -0.1) is 0 Å². The molecule has 2 aliphatic carbocycles. The molecule has 0 saturated carbocycles. The van der Waals surface area contributed by atoms with Crippen LogP contribution in [-0.2, 0) is 25.9 Å². The molecule has 1 heterocycles. The molecular formula is C38H40N2O2. The first-order valence-electron chi connectivity index (χ1n) is 14.8. The van der Waals surface area contributed by atoms with Crippen molar-refractivity contribution in [2.45, 2.75) is 66.4 Å². The number of aryl methyl sites for hydroxylation is 5. The summed E-state index contributed by atoms with van der Waals surface area (Å²) in [6.45, 7) is 8.56. The first kappa shape index (κ1) is 29.2. The van der Waals surface area contributed by atoms with Gasteiger partial charge >= 0.3 is 0 Å². The third-order valence-corrected chi connectivity index (χ3v) is 8.29. The van der Waals surface area contributed by atoms with E-state index in [0.717, 1.165) is 48.7 Å². The van der Waals surface area contributed by atoms with E-state index < -0.39 is 0 Å². The lowest BCUT2D eigenvalue weighted by Gasteiger charge is -2.22. The molecule has 42 heavy (non-hydrogen) atoms. The second-order valence-corrected chi connectivity index (χ2v) is 11.5. The van der Waals surface area contributed by atoms with Gasteiger partial charge in [0.2, 0.25) is 0 Å². The van der Waals surface area contributed by atoms with E-state index >= 15 is 0 Å². The van der Waals surface area contributed by atoms with Crippen LogP contribution in [0.2, 0.25) is 0 Å². The van der Waals surface area contributed by atoms with Gasteiger partial charge in [-0.25, -0.2) is 4.98 Å². The van der Waals surface area contributed by atoms with Crippen molar-refractivity contribution in [1.82, 2.24) is 4.98 Å². The van der Waals surface area contributed by atoms with Crippen LogP contribution in [0.3, 0.4) is 0 Å². The summed E-state index contributed by atoms with van der Waals surface area (Å²) in [5.74, 6) is 0.327. The van der Waals surface area contributed by atoms with Crippen molar-refractivity contribution >= 4 is 22.4 Å². The quantitative estimate of drug-likeness (QED) is 0.204. The number of para-hydroxylation sites is 2. The zero-order chi connectivity index (χ0) is 29.8. The molecule has 214 valence electrons. The molecule has 4 nitrogen and oxygen atoms in total. The first-order chi connectivity index (χ1) is 20.2. The Morgan fingerprint density at radius 3 is 2.07 bits per heavy atom. The smallest absolute Gasteiger partial charge is 0.163 e. The standard InChI is InChI=1S/C19H17N.C12H14O.C7H9NO/c1-12-9-13(2)16-8-7-15-11-14-5-3-4-6-18(14)20-19(15)17(16)10-12;1-8-6-9(2)10-4-3-5-12(13)11(10)7-8;8-7-4-2-1-3-6(7)5-9/h3-6,9-11H,7-8H2,1-2H3;6-7H,3-5H2,1-2H3;1-4,9H,5,8H2. The van der Waals surface area contributed by atoms with Crippen LogP contribution in [0.5, 0.6) is 0 Å². The monoisotopic (exact) mass is 556 g/mol. The molecule has 0 aliphatic heterocycles. The zero-order valence-electron chi connectivity index (χ0n) is 25.1. The lowest BCUT2D eigenvalue weighted by molar-refractivity contribution is 0.0972. The number of nitrogens with two attached hydrogens (primary N) is 1. The number of anilines is 1. The average molecular weight is 557 g/mol. The molecule has 2 aliphatic rings. The van der Waals surface area contributed by atoms with E-state index in [1.54, 1.807) is 12.1 Å². The molecule has 5 aromatic rings. The Morgan fingerprint density at radius 2 is 1.38 bits per heavy atom. The summed E-state index contributed by atoms with van der Waals surface area (Å²) in [5.41, 5.74) is 20.9. The molecule has 0 saturated heterocycles. The molecule has 0 atom stereocenters. The average Bonchev–Trinajstić information content (AvgIpc) is 2.97. The number of Topliss-reactive ketones (excluding diaryl/α,β-unsaturated/α-hetero) is 1. The van der Waals surface area contributed by atoms with Gasteiger partial charge in [-0.2, -0.15) is 0 Å². The van der Waals surface area contributed by atoms with Gasteiger partial charge < -0.3 is 10.8 Å². The van der Waals surface area contributed by atoms with Gasteiger partial charge in [0.15, 0.2) is 5.78 Å². The summed E-state index contributed by atoms with van der Waals surface area (Å²) in [5, 5.41) is 9.89. The molecule has 1 aromatic heterocycles. The molecule has 7 rings (SSSR count). The third kappa shape index (κ3) is 6.29. The Morgan fingerprint density at radius 1 is 0.738 bits per heavy atom. The number of nitrogens with zero attached hydrogens (tertiary/aromatic N) is 1. The van der Waals surface area contributed by atoms with E-state index in [1.165, 1.54) is 55.6 Å². The van der Waals surface area contributed by atoms with Crippen molar-refractivity contribution in [1.29, 1.82) is 0 Å². The van der Waals surface area contributed by atoms with E-state index in [9.17, 15) is 4.79 Å². The minimum absolute atomic E-state index is 0.0205. The number of fused-ring (bicyclic) bond motifs is 5. The third-order valence-electron chi connectivity index (χ3n) is 8.29. The number of carbonyl (C=O) groups is 1. The molecule has 3 N–H and O–H groups in total. The molecular weight excluding hydrogens is 516 g/mol. The van der Waals surface area contributed by atoms with E-state index in [-0.39, 0.29) is 6.61 Å². The van der Waals surface area contributed by atoms with Crippen molar-refractivity contribution in [2.75, 3.05) is 5.73 Å². The van der Waals surface area contributed by atoms with Crippen LogP contribution in [0.4, 0.5) is 5.69 Å². The van der Waals surface area contributed by atoms with Crippen LogP contribution in [-0.4, -0.2) is 15.9 Å². The summed E-state index contributed by atoms with van der Waals surface area (Å²) in [7, 11) is 0. The van der Waals surface area contributed by atoms with Crippen molar-refractivity contribution < 1.29 is 9.90 Å². The normalized spacial score (nSPS) is 13.1. The number of nitrogen functional groups attached to an aromatic ring is 1. The maximum absolute atomic E-state index is 11.6. The Bertz CT molecular complexity index is 1770. The highest BCUT2D eigenvalue weighted by Crippen LogP contribution is 2.36. The lowest BCUT2D eigenvalue weighted by Crippen LogP contribution is -2.12. The van der Waals surface area contributed by atoms with E-state index in [0.29, 0.717) is 11.5 Å². The predicted molar refractivity (Wildman–Crippen MR) is 174 cm³/mol. The van der Waals surface area contributed by atoms with Gasteiger partial charge in [0, 0.05) is 34.2 Å². The zero-order valence-corrected chi connectivity index (χ0v) is 25.1. The van der Waals surface area contributed by atoms with E-state index in [2.05, 4.69) is 76.2 Å². The Balaban J connectivity index is 0.000000138.